The lowest BCUT2D eigenvalue weighted by Crippen LogP contribution is -2.47. The molecule has 0 radical (unpaired) electrons. The molecule has 0 spiro atoms. The van der Waals surface area contributed by atoms with Crippen LogP contribution >= 0.6 is 11.3 Å². The van der Waals surface area contributed by atoms with E-state index >= 15 is 0 Å². The second-order valence-electron chi connectivity index (χ2n) is 7.75. The quantitative estimate of drug-likeness (QED) is 0.805. The van der Waals surface area contributed by atoms with Crippen molar-refractivity contribution >= 4 is 11.3 Å². The van der Waals surface area contributed by atoms with Crippen LogP contribution in [0.25, 0.3) is 0 Å². The monoisotopic (exact) mass is 308 g/mol. The van der Waals surface area contributed by atoms with Gasteiger partial charge in [-0.15, -0.1) is 11.3 Å². The SMILES string of the molecule is CCCNC(C)(c1nc(C(C)(C)C)cs1)C1CCCCC1. The van der Waals surface area contributed by atoms with Gasteiger partial charge in [0.15, 0.2) is 0 Å². The number of nitrogens with zero attached hydrogens (tertiary/aromatic N) is 1. The van der Waals surface area contributed by atoms with Gasteiger partial charge >= 0.3 is 0 Å². The summed E-state index contributed by atoms with van der Waals surface area (Å²) in [7, 11) is 0. The summed E-state index contributed by atoms with van der Waals surface area (Å²) < 4.78 is 0. The molecule has 1 aromatic heterocycles. The molecule has 2 nitrogen and oxygen atoms in total. The maximum atomic E-state index is 5.04. The molecule has 1 unspecified atom stereocenters. The molecule has 1 aliphatic carbocycles. The first-order chi connectivity index (χ1) is 9.88. The molecular formula is C18H32N2S. The highest BCUT2D eigenvalue weighted by atomic mass is 32.1. The Morgan fingerprint density at radius 1 is 1.19 bits per heavy atom. The Balaban J connectivity index is 2.27. The normalized spacial score (nSPS) is 20.4. The lowest BCUT2D eigenvalue weighted by Gasteiger charge is -2.39. The van der Waals surface area contributed by atoms with Gasteiger partial charge in [-0.25, -0.2) is 4.98 Å². The summed E-state index contributed by atoms with van der Waals surface area (Å²) in [5.74, 6) is 0.733. The first kappa shape index (κ1) is 17.0. The highest BCUT2D eigenvalue weighted by Crippen LogP contribution is 2.41. The van der Waals surface area contributed by atoms with E-state index in [9.17, 15) is 0 Å². The van der Waals surface area contributed by atoms with Gasteiger partial charge in [0.25, 0.3) is 0 Å². The summed E-state index contributed by atoms with van der Waals surface area (Å²) in [5.41, 5.74) is 1.44. The molecule has 1 heterocycles. The average Bonchev–Trinajstić information content (AvgIpc) is 2.96. The van der Waals surface area contributed by atoms with Crippen LogP contribution in [0.3, 0.4) is 0 Å². The average molecular weight is 309 g/mol. The van der Waals surface area contributed by atoms with Crippen molar-refractivity contribution in [1.82, 2.24) is 10.3 Å². The Morgan fingerprint density at radius 3 is 2.38 bits per heavy atom. The van der Waals surface area contributed by atoms with Crippen molar-refractivity contribution in [2.75, 3.05) is 6.54 Å². The van der Waals surface area contributed by atoms with Crippen molar-refractivity contribution in [3.8, 4) is 0 Å². The van der Waals surface area contributed by atoms with Crippen LogP contribution in [0.2, 0.25) is 0 Å². The summed E-state index contributed by atoms with van der Waals surface area (Å²) in [6, 6.07) is 0. The van der Waals surface area contributed by atoms with Crippen LogP contribution < -0.4 is 5.32 Å². The molecule has 21 heavy (non-hydrogen) atoms. The Hall–Kier alpha value is -0.410. The predicted octanol–water partition coefficient (Wildman–Crippen LogP) is 5.24. The van der Waals surface area contributed by atoms with Gasteiger partial charge in [0.2, 0.25) is 0 Å². The number of nitrogens with one attached hydrogen (secondary N) is 1. The van der Waals surface area contributed by atoms with Crippen LogP contribution in [0.1, 0.15) is 83.8 Å². The third-order valence-corrected chi connectivity index (χ3v) is 5.96. The fraction of sp³-hybridized carbons (Fsp3) is 0.833. The Bertz CT molecular complexity index is 440. The zero-order valence-electron chi connectivity index (χ0n) is 14.5. The Kier molecular flexibility index (Phi) is 5.48. The fourth-order valence-corrected chi connectivity index (χ4v) is 4.58. The maximum absolute atomic E-state index is 5.04. The second kappa shape index (κ2) is 6.78. The Morgan fingerprint density at radius 2 is 1.86 bits per heavy atom. The van der Waals surface area contributed by atoms with Crippen LogP contribution in [0.4, 0.5) is 0 Å². The van der Waals surface area contributed by atoms with E-state index in [1.807, 2.05) is 11.3 Å². The third kappa shape index (κ3) is 3.87. The largest absolute Gasteiger partial charge is 0.305 e. The summed E-state index contributed by atoms with van der Waals surface area (Å²) in [6.07, 6.45) is 8.04. The molecule has 1 fully saturated rings. The summed E-state index contributed by atoms with van der Waals surface area (Å²) in [6.45, 7) is 12.5. The first-order valence-electron chi connectivity index (χ1n) is 8.59. The molecule has 0 aromatic carbocycles. The maximum Gasteiger partial charge on any atom is 0.113 e. The molecule has 3 heteroatoms. The number of thiazole rings is 1. The number of hydrogen-bond acceptors (Lipinski definition) is 3. The van der Waals surface area contributed by atoms with Crippen LogP contribution in [0.5, 0.6) is 0 Å². The molecule has 0 aliphatic heterocycles. The molecule has 0 amide bonds. The van der Waals surface area contributed by atoms with E-state index in [0.717, 1.165) is 12.5 Å². The van der Waals surface area contributed by atoms with Gasteiger partial charge in [-0.1, -0.05) is 47.0 Å². The number of rotatable bonds is 5. The molecule has 1 saturated carbocycles. The molecule has 1 aromatic rings. The zero-order chi connectivity index (χ0) is 15.5. The standard InChI is InChI=1S/C18H32N2S/c1-6-12-19-18(5,14-10-8-7-9-11-14)16-20-15(13-21-16)17(2,3)4/h13-14,19H,6-12H2,1-5H3. The van der Waals surface area contributed by atoms with Crippen molar-refractivity contribution in [1.29, 1.82) is 0 Å². The lowest BCUT2D eigenvalue weighted by molar-refractivity contribution is 0.177. The van der Waals surface area contributed by atoms with Crippen molar-refractivity contribution in [2.24, 2.45) is 5.92 Å². The van der Waals surface area contributed by atoms with Gasteiger partial charge in [-0.3, -0.25) is 0 Å². The number of aromatic nitrogens is 1. The molecule has 120 valence electrons. The molecule has 0 saturated heterocycles. The topological polar surface area (TPSA) is 24.9 Å². The van der Waals surface area contributed by atoms with Crippen molar-refractivity contribution in [3.63, 3.8) is 0 Å². The predicted molar refractivity (Wildman–Crippen MR) is 93.0 cm³/mol. The number of hydrogen-bond donors (Lipinski definition) is 1. The van der Waals surface area contributed by atoms with Gasteiger partial charge < -0.3 is 5.32 Å². The lowest BCUT2D eigenvalue weighted by atomic mass is 9.75. The van der Waals surface area contributed by atoms with E-state index in [1.54, 1.807) is 0 Å². The first-order valence-corrected chi connectivity index (χ1v) is 9.47. The van der Waals surface area contributed by atoms with Crippen molar-refractivity contribution < 1.29 is 0 Å². The van der Waals surface area contributed by atoms with Gasteiger partial charge in [-0.05, 0) is 38.6 Å². The molecule has 1 aliphatic rings. The fourth-order valence-electron chi connectivity index (χ4n) is 3.32. The molecule has 1 N–H and O–H groups in total. The van der Waals surface area contributed by atoms with Crippen LogP contribution in [-0.2, 0) is 11.0 Å². The second-order valence-corrected chi connectivity index (χ2v) is 8.61. The summed E-state index contributed by atoms with van der Waals surface area (Å²) >= 11 is 1.85. The van der Waals surface area contributed by atoms with E-state index in [1.165, 1.54) is 49.2 Å². The molecule has 2 rings (SSSR count). The molecule has 0 bridgehead atoms. The highest BCUT2D eigenvalue weighted by Gasteiger charge is 2.39. The van der Waals surface area contributed by atoms with Gasteiger partial charge in [0.05, 0.1) is 11.2 Å². The van der Waals surface area contributed by atoms with Crippen LogP contribution in [0, 0.1) is 5.92 Å². The van der Waals surface area contributed by atoms with E-state index < -0.39 is 0 Å². The van der Waals surface area contributed by atoms with E-state index in [2.05, 4.69) is 45.3 Å². The van der Waals surface area contributed by atoms with Crippen LogP contribution in [-0.4, -0.2) is 11.5 Å². The van der Waals surface area contributed by atoms with Gasteiger partial charge in [-0.2, -0.15) is 0 Å². The van der Waals surface area contributed by atoms with Gasteiger partial charge in [0.1, 0.15) is 5.01 Å². The molecule has 1 atom stereocenters. The summed E-state index contributed by atoms with van der Waals surface area (Å²) in [5, 5.41) is 7.41. The highest BCUT2D eigenvalue weighted by molar-refractivity contribution is 7.09. The van der Waals surface area contributed by atoms with Crippen molar-refractivity contribution in [3.05, 3.63) is 16.1 Å². The van der Waals surface area contributed by atoms with Crippen molar-refractivity contribution in [2.45, 2.75) is 84.1 Å². The Labute approximate surface area is 134 Å². The van der Waals surface area contributed by atoms with E-state index in [4.69, 9.17) is 4.98 Å². The van der Waals surface area contributed by atoms with Crippen LogP contribution in [0.15, 0.2) is 5.38 Å². The smallest absolute Gasteiger partial charge is 0.113 e. The minimum absolute atomic E-state index is 0.0601. The van der Waals surface area contributed by atoms with E-state index in [0.29, 0.717) is 0 Å². The molecular weight excluding hydrogens is 276 g/mol. The summed E-state index contributed by atoms with van der Waals surface area (Å²) in [4.78, 5) is 5.04. The van der Waals surface area contributed by atoms with E-state index in [-0.39, 0.29) is 11.0 Å². The van der Waals surface area contributed by atoms with Gasteiger partial charge in [0, 0.05) is 10.8 Å². The third-order valence-electron chi connectivity index (χ3n) is 4.88. The minimum Gasteiger partial charge on any atom is -0.305 e. The minimum atomic E-state index is 0.0601. The zero-order valence-corrected chi connectivity index (χ0v) is 15.3.